The number of anilines is 1. The topological polar surface area (TPSA) is 84.2 Å². The number of hydrogen-bond donors (Lipinski definition) is 3. The second-order valence-corrected chi connectivity index (χ2v) is 4.90. The van der Waals surface area contributed by atoms with E-state index in [4.69, 9.17) is 17.3 Å². The molecule has 0 aliphatic rings. The molecule has 0 saturated carbocycles. The van der Waals surface area contributed by atoms with E-state index in [2.05, 4.69) is 10.6 Å². The highest BCUT2D eigenvalue weighted by Gasteiger charge is 2.09. The zero-order chi connectivity index (χ0) is 14.4. The fourth-order valence-electron chi connectivity index (χ4n) is 1.56. The molecule has 0 aliphatic carbocycles. The molecular weight excluding hydrogens is 266 g/mol. The van der Waals surface area contributed by atoms with Crippen LogP contribution in [-0.2, 0) is 9.59 Å². The van der Waals surface area contributed by atoms with Crippen LogP contribution < -0.4 is 16.4 Å². The molecule has 0 radical (unpaired) electrons. The Morgan fingerprint density at radius 3 is 2.74 bits per heavy atom. The maximum atomic E-state index is 11.7. The lowest BCUT2D eigenvalue weighted by Crippen LogP contribution is -2.36. The molecule has 19 heavy (non-hydrogen) atoms. The van der Waals surface area contributed by atoms with Gasteiger partial charge < -0.3 is 16.4 Å². The predicted octanol–water partition coefficient (Wildman–Crippen LogP) is 1.44. The molecule has 6 heteroatoms. The van der Waals surface area contributed by atoms with Gasteiger partial charge in [0.25, 0.3) is 0 Å². The lowest BCUT2D eigenvalue weighted by molar-refractivity contribution is -0.119. The Hall–Kier alpha value is -1.59. The van der Waals surface area contributed by atoms with Crippen LogP contribution in [0, 0.1) is 6.92 Å². The molecule has 1 rings (SSSR count). The summed E-state index contributed by atoms with van der Waals surface area (Å²) in [4.78, 5) is 22.4. The van der Waals surface area contributed by atoms with E-state index in [1.165, 1.54) is 0 Å². The number of rotatable bonds is 6. The molecule has 1 aromatic carbocycles. The van der Waals surface area contributed by atoms with Gasteiger partial charge in [-0.1, -0.05) is 17.7 Å². The number of carbonyl (C=O) groups is 2. The van der Waals surface area contributed by atoms with E-state index < -0.39 is 5.91 Å². The highest BCUT2D eigenvalue weighted by molar-refractivity contribution is 6.31. The zero-order valence-electron chi connectivity index (χ0n) is 11.0. The Bertz CT molecular complexity index is 477. The number of aryl methyl sites for hydroxylation is 1. The van der Waals surface area contributed by atoms with E-state index in [1.807, 2.05) is 13.0 Å². The van der Waals surface area contributed by atoms with Crippen LogP contribution in [-0.4, -0.2) is 24.4 Å². The van der Waals surface area contributed by atoms with Crippen LogP contribution >= 0.6 is 11.6 Å². The van der Waals surface area contributed by atoms with Crippen LogP contribution in [0.2, 0.25) is 5.02 Å². The fourth-order valence-corrected chi connectivity index (χ4v) is 1.74. The molecule has 4 N–H and O–H groups in total. The summed E-state index contributed by atoms with van der Waals surface area (Å²) in [5.41, 5.74) is 6.68. The number of halogens is 1. The minimum atomic E-state index is -0.397. The molecule has 1 aromatic rings. The first-order valence-electron chi connectivity index (χ1n) is 5.96. The van der Waals surface area contributed by atoms with E-state index in [-0.39, 0.29) is 24.9 Å². The van der Waals surface area contributed by atoms with E-state index >= 15 is 0 Å². The molecule has 0 bridgehead atoms. The number of nitrogens with one attached hydrogen (secondary N) is 2. The van der Waals surface area contributed by atoms with Crippen molar-refractivity contribution < 1.29 is 9.59 Å². The number of carbonyl (C=O) groups excluding carboxylic acids is 2. The van der Waals surface area contributed by atoms with Crippen LogP contribution in [0.4, 0.5) is 5.69 Å². The molecule has 0 aliphatic heterocycles. The van der Waals surface area contributed by atoms with Gasteiger partial charge in [-0.3, -0.25) is 9.59 Å². The summed E-state index contributed by atoms with van der Waals surface area (Å²) < 4.78 is 0. The largest absolute Gasteiger partial charge is 0.370 e. The minimum Gasteiger partial charge on any atom is -0.370 e. The highest BCUT2D eigenvalue weighted by atomic mass is 35.5. The van der Waals surface area contributed by atoms with Gasteiger partial charge in [-0.05, 0) is 31.5 Å². The first-order valence-corrected chi connectivity index (χ1v) is 6.34. The van der Waals surface area contributed by atoms with E-state index in [0.29, 0.717) is 10.7 Å². The second-order valence-electron chi connectivity index (χ2n) is 4.46. The first-order chi connectivity index (χ1) is 8.88. The summed E-state index contributed by atoms with van der Waals surface area (Å²) in [6.07, 6.45) is 0.198. The van der Waals surface area contributed by atoms with Gasteiger partial charge in [0, 0.05) is 23.2 Å². The summed E-state index contributed by atoms with van der Waals surface area (Å²) in [5, 5.41) is 6.25. The molecule has 2 amide bonds. The van der Waals surface area contributed by atoms with Gasteiger partial charge in [-0.25, -0.2) is 0 Å². The normalized spacial score (nSPS) is 11.9. The molecule has 0 saturated heterocycles. The predicted molar refractivity (Wildman–Crippen MR) is 76.1 cm³/mol. The molecule has 0 heterocycles. The Labute approximate surface area is 117 Å². The van der Waals surface area contributed by atoms with E-state index in [1.54, 1.807) is 19.1 Å². The molecule has 0 aromatic heterocycles. The highest BCUT2D eigenvalue weighted by Crippen LogP contribution is 2.19. The maximum absolute atomic E-state index is 11.7. The average Bonchev–Trinajstić information content (AvgIpc) is 2.30. The van der Waals surface area contributed by atoms with Crippen LogP contribution in [0.15, 0.2) is 18.2 Å². The second kappa shape index (κ2) is 7.11. The number of benzene rings is 1. The van der Waals surface area contributed by atoms with E-state index in [0.717, 1.165) is 5.56 Å². The third kappa shape index (κ3) is 5.72. The van der Waals surface area contributed by atoms with Crippen molar-refractivity contribution in [2.75, 3.05) is 11.9 Å². The van der Waals surface area contributed by atoms with Crippen molar-refractivity contribution in [3.63, 3.8) is 0 Å². The molecule has 0 spiro atoms. The molecule has 1 atom stereocenters. The number of nitrogens with two attached hydrogens (primary N) is 1. The average molecular weight is 284 g/mol. The van der Waals surface area contributed by atoms with Crippen molar-refractivity contribution in [2.45, 2.75) is 26.3 Å². The lowest BCUT2D eigenvalue weighted by Gasteiger charge is -2.13. The van der Waals surface area contributed by atoms with Crippen molar-refractivity contribution in [1.82, 2.24) is 5.32 Å². The molecule has 1 unspecified atom stereocenters. The molecule has 104 valence electrons. The number of amides is 2. The van der Waals surface area contributed by atoms with Crippen LogP contribution in [0.3, 0.4) is 0 Å². The quantitative estimate of drug-likeness (QED) is 0.739. The van der Waals surface area contributed by atoms with Gasteiger partial charge in [0.15, 0.2) is 0 Å². The van der Waals surface area contributed by atoms with Crippen molar-refractivity contribution in [2.24, 2.45) is 5.73 Å². The van der Waals surface area contributed by atoms with E-state index in [9.17, 15) is 9.59 Å². The van der Waals surface area contributed by atoms with Gasteiger partial charge in [0.05, 0.1) is 6.54 Å². The Balaban J connectivity index is 2.47. The number of primary amides is 1. The van der Waals surface area contributed by atoms with Crippen LogP contribution in [0.5, 0.6) is 0 Å². The van der Waals surface area contributed by atoms with Gasteiger partial charge in [0.2, 0.25) is 11.8 Å². The first kappa shape index (κ1) is 15.5. The van der Waals surface area contributed by atoms with Crippen LogP contribution in [0.25, 0.3) is 0 Å². The summed E-state index contributed by atoms with van der Waals surface area (Å²) in [5.74, 6) is -0.590. The van der Waals surface area contributed by atoms with Crippen molar-refractivity contribution >= 4 is 29.1 Å². The van der Waals surface area contributed by atoms with Crippen molar-refractivity contribution in [1.29, 1.82) is 0 Å². The zero-order valence-corrected chi connectivity index (χ0v) is 11.8. The monoisotopic (exact) mass is 283 g/mol. The summed E-state index contributed by atoms with van der Waals surface area (Å²) in [6, 6.07) is 5.16. The Kier molecular flexibility index (Phi) is 5.79. The fraction of sp³-hybridized carbons (Fsp3) is 0.385. The summed E-state index contributed by atoms with van der Waals surface area (Å²) >= 11 is 5.87. The third-order valence-electron chi connectivity index (χ3n) is 2.59. The Morgan fingerprint density at radius 2 is 2.11 bits per heavy atom. The smallest absolute Gasteiger partial charge is 0.238 e. The molecule has 0 fully saturated rings. The standard InChI is InChI=1S/C13H18ClN3O2/c1-8-3-4-10(14)6-11(8)17-13(19)7-16-9(2)5-12(15)18/h3-4,6,9,16H,5,7H2,1-2H3,(H2,15,18)(H,17,19). The van der Waals surface area contributed by atoms with Gasteiger partial charge in [0.1, 0.15) is 0 Å². The van der Waals surface area contributed by atoms with Gasteiger partial charge >= 0.3 is 0 Å². The SMILES string of the molecule is Cc1ccc(Cl)cc1NC(=O)CNC(C)CC(N)=O. The third-order valence-corrected chi connectivity index (χ3v) is 2.83. The van der Waals surface area contributed by atoms with Crippen molar-refractivity contribution in [3.8, 4) is 0 Å². The molecular formula is C13H18ClN3O2. The summed E-state index contributed by atoms with van der Waals surface area (Å²) in [6.45, 7) is 3.79. The Morgan fingerprint density at radius 1 is 1.42 bits per heavy atom. The van der Waals surface area contributed by atoms with Crippen LogP contribution in [0.1, 0.15) is 18.9 Å². The lowest BCUT2D eigenvalue weighted by atomic mass is 10.2. The van der Waals surface area contributed by atoms with Gasteiger partial charge in [-0.2, -0.15) is 0 Å². The summed E-state index contributed by atoms with van der Waals surface area (Å²) in [7, 11) is 0. The van der Waals surface area contributed by atoms with Crippen molar-refractivity contribution in [3.05, 3.63) is 28.8 Å². The number of hydrogen-bond acceptors (Lipinski definition) is 3. The maximum Gasteiger partial charge on any atom is 0.238 e. The van der Waals surface area contributed by atoms with Gasteiger partial charge in [-0.15, -0.1) is 0 Å². The molecule has 5 nitrogen and oxygen atoms in total. The minimum absolute atomic E-state index is 0.112.